The highest BCUT2D eigenvalue weighted by molar-refractivity contribution is 5.83. The van der Waals surface area contributed by atoms with Crippen molar-refractivity contribution in [1.29, 1.82) is 0 Å². The van der Waals surface area contributed by atoms with Crippen molar-refractivity contribution in [2.75, 3.05) is 0 Å². The number of nitrogens with two attached hydrogens (primary N) is 1. The first kappa shape index (κ1) is 12.6. The summed E-state index contributed by atoms with van der Waals surface area (Å²) in [5.74, 6) is 0.774. The van der Waals surface area contributed by atoms with Crippen LogP contribution in [-0.4, -0.2) is 11.8 Å². The van der Waals surface area contributed by atoms with E-state index in [1.54, 1.807) is 0 Å². The molecule has 2 heteroatoms. The molecule has 13 heavy (non-hydrogen) atoms. The van der Waals surface area contributed by atoms with Gasteiger partial charge in [0, 0.05) is 17.9 Å². The lowest BCUT2D eigenvalue weighted by Gasteiger charge is -2.19. The van der Waals surface area contributed by atoms with Crippen LogP contribution in [0.2, 0.25) is 0 Å². The van der Waals surface area contributed by atoms with Gasteiger partial charge in [-0.3, -0.25) is 4.79 Å². The van der Waals surface area contributed by atoms with Crippen LogP contribution in [0.25, 0.3) is 0 Å². The highest BCUT2D eigenvalue weighted by Crippen LogP contribution is 2.19. The smallest absolute Gasteiger partial charge is 0.138 e. The van der Waals surface area contributed by atoms with Crippen LogP contribution < -0.4 is 5.73 Å². The molecule has 0 aliphatic heterocycles. The lowest BCUT2D eigenvalue weighted by molar-refractivity contribution is -0.126. The topological polar surface area (TPSA) is 43.1 Å². The molecule has 0 saturated heterocycles. The van der Waals surface area contributed by atoms with E-state index in [2.05, 4.69) is 13.8 Å². The third kappa shape index (κ3) is 5.04. The Hall–Kier alpha value is -0.370. The highest BCUT2D eigenvalue weighted by Gasteiger charge is 2.21. The Morgan fingerprint density at radius 1 is 1.31 bits per heavy atom. The van der Waals surface area contributed by atoms with Crippen molar-refractivity contribution in [3.63, 3.8) is 0 Å². The van der Waals surface area contributed by atoms with Crippen molar-refractivity contribution >= 4 is 5.78 Å². The Morgan fingerprint density at radius 3 is 2.08 bits per heavy atom. The lowest BCUT2D eigenvalue weighted by Crippen LogP contribution is -2.29. The average Bonchev–Trinajstić information content (AvgIpc) is 1.97. The molecule has 0 amide bonds. The molecule has 0 aliphatic rings. The molecule has 0 aromatic heterocycles. The second-order valence-electron chi connectivity index (χ2n) is 5.12. The summed E-state index contributed by atoms with van der Waals surface area (Å²) in [7, 11) is 0. The monoisotopic (exact) mass is 185 g/mol. The molecule has 78 valence electrons. The molecule has 0 bridgehead atoms. The van der Waals surface area contributed by atoms with Gasteiger partial charge in [0.1, 0.15) is 5.78 Å². The van der Waals surface area contributed by atoms with Gasteiger partial charge in [-0.15, -0.1) is 0 Å². The van der Waals surface area contributed by atoms with Crippen LogP contribution in [0.3, 0.4) is 0 Å². The Bertz CT molecular complexity index is 167. The summed E-state index contributed by atoms with van der Waals surface area (Å²) >= 11 is 0. The van der Waals surface area contributed by atoms with E-state index in [-0.39, 0.29) is 11.5 Å². The molecule has 0 aromatic carbocycles. The molecule has 2 N–H and O–H groups in total. The fourth-order valence-corrected chi connectivity index (χ4v) is 1.01. The van der Waals surface area contributed by atoms with E-state index in [0.717, 1.165) is 6.42 Å². The normalized spacial score (nSPS) is 14.7. The predicted molar refractivity (Wildman–Crippen MR) is 56.5 cm³/mol. The first-order valence-corrected chi connectivity index (χ1v) is 5.04. The molecule has 0 fully saturated rings. The number of hydrogen-bond acceptors (Lipinski definition) is 2. The molecule has 0 unspecified atom stereocenters. The van der Waals surface area contributed by atoms with E-state index in [4.69, 9.17) is 5.73 Å². The van der Waals surface area contributed by atoms with E-state index >= 15 is 0 Å². The van der Waals surface area contributed by atoms with Crippen molar-refractivity contribution in [3.05, 3.63) is 0 Å². The first-order valence-electron chi connectivity index (χ1n) is 5.04. The second-order valence-corrected chi connectivity index (χ2v) is 5.12. The fraction of sp³-hybridized carbons (Fsp3) is 0.909. The summed E-state index contributed by atoms with van der Waals surface area (Å²) in [6.07, 6.45) is 1.43. The number of carbonyl (C=O) groups is 1. The van der Waals surface area contributed by atoms with Crippen LogP contribution in [0.4, 0.5) is 0 Å². The second kappa shape index (κ2) is 4.75. The van der Waals surface area contributed by atoms with E-state index in [1.165, 1.54) is 0 Å². The Kier molecular flexibility index (Phi) is 4.62. The molecule has 0 aromatic rings. The van der Waals surface area contributed by atoms with E-state index in [0.29, 0.717) is 18.1 Å². The summed E-state index contributed by atoms with van der Waals surface area (Å²) in [6.45, 7) is 10.0. The van der Waals surface area contributed by atoms with Crippen LogP contribution in [0.5, 0.6) is 0 Å². The van der Waals surface area contributed by atoms with Gasteiger partial charge in [0.15, 0.2) is 0 Å². The minimum absolute atomic E-state index is 0.159. The molecule has 0 saturated carbocycles. The molecule has 2 nitrogen and oxygen atoms in total. The van der Waals surface area contributed by atoms with Gasteiger partial charge >= 0.3 is 0 Å². The number of ketones is 1. The van der Waals surface area contributed by atoms with Gasteiger partial charge < -0.3 is 5.73 Å². The number of Topliss-reactive ketones (excluding diaryl/α,β-unsaturated/α-hetero) is 1. The van der Waals surface area contributed by atoms with Gasteiger partial charge in [-0.2, -0.15) is 0 Å². The van der Waals surface area contributed by atoms with Gasteiger partial charge in [-0.05, 0) is 12.3 Å². The molecule has 0 rings (SSSR count). The average molecular weight is 185 g/mol. The Labute approximate surface area is 81.9 Å². The van der Waals surface area contributed by atoms with Crippen LogP contribution in [0.15, 0.2) is 0 Å². The largest absolute Gasteiger partial charge is 0.327 e. The van der Waals surface area contributed by atoms with Gasteiger partial charge in [0.05, 0.1) is 0 Å². The molecule has 0 radical (unpaired) electrons. The summed E-state index contributed by atoms with van der Waals surface area (Å²) in [4.78, 5) is 11.5. The molecular formula is C11H23NO. The fourth-order valence-electron chi connectivity index (χ4n) is 1.01. The van der Waals surface area contributed by atoms with Crippen LogP contribution >= 0.6 is 0 Å². The maximum absolute atomic E-state index is 11.5. The SMILES string of the molecule is CC(C)[C@H](N)CCC(=O)C(C)(C)C. The molecule has 0 heterocycles. The van der Waals surface area contributed by atoms with E-state index < -0.39 is 0 Å². The lowest BCUT2D eigenvalue weighted by atomic mass is 9.86. The van der Waals surface area contributed by atoms with Crippen molar-refractivity contribution in [2.24, 2.45) is 17.1 Å². The van der Waals surface area contributed by atoms with Crippen molar-refractivity contribution in [2.45, 2.75) is 53.5 Å². The highest BCUT2D eigenvalue weighted by atomic mass is 16.1. The minimum Gasteiger partial charge on any atom is -0.327 e. The Balaban J connectivity index is 3.84. The predicted octanol–water partition coefficient (Wildman–Crippen LogP) is 2.37. The zero-order chi connectivity index (χ0) is 10.6. The van der Waals surface area contributed by atoms with Crippen LogP contribution in [0, 0.1) is 11.3 Å². The quantitative estimate of drug-likeness (QED) is 0.730. The zero-order valence-electron chi connectivity index (χ0n) is 9.55. The van der Waals surface area contributed by atoms with Crippen molar-refractivity contribution in [3.8, 4) is 0 Å². The minimum atomic E-state index is -0.212. The zero-order valence-corrected chi connectivity index (χ0v) is 9.55. The third-order valence-electron chi connectivity index (χ3n) is 2.40. The maximum atomic E-state index is 11.5. The molecule has 1 atom stereocenters. The standard InChI is InChI=1S/C11H23NO/c1-8(2)9(12)6-7-10(13)11(3,4)5/h8-9H,6-7,12H2,1-5H3/t9-/m1/s1. The third-order valence-corrected chi connectivity index (χ3v) is 2.40. The Morgan fingerprint density at radius 2 is 1.77 bits per heavy atom. The van der Waals surface area contributed by atoms with Gasteiger partial charge in [0.25, 0.3) is 0 Å². The van der Waals surface area contributed by atoms with Crippen LogP contribution in [-0.2, 0) is 4.79 Å². The van der Waals surface area contributed by atoms with Gasteiger partial charge in [-0.25, -0.2) is 0 Å². The van der Waals surface area contributed by atoms with Crippen LogP contribution in [0.1, 0.15) is 47.5 Å². The summed E-state index contributed by atoms with van der Waals surface area (Å²) < 4.78 is 0. The molecule has 0 aliphatic carbocycles. The van der Waals surface area contributed by atoms with Gasteiger partial charge in [0.2, 0.25) is 0 Å². The first-order chi connectivity index (χ1) is 5.75. The summed E-state index contributed by atoms with van der Waals surface area (Å²) in [5.41, 5.74) is 5.64. The van der Waals surface area contributed by atoms with Crippen molar-refractivity contribution in [1.82, 2.24) is 0 Å². The summed E-state index contributed by atoms with van der Waals surface area (Å²) in [6, 6.07) is 0.159. The maximum Gasteiger partial charge on any atom is 0.138 e. The van der Waals surface area contributed by atoms with Gasteiger partial charge in [-0.1, -0.05) is 34.6 Å². The number of rotatable bonds is 4. The van der Waals surface area contributed by atoms with Crippen molar-refractivity contribution < 1.29 is 4.79 Å². The van der Waals surface area contributed by atoms with E-state index in [9.17, 15) is 4.79 Å². The molecule has 0 spiro atoms. The molecular weight excluding hydrogens is 162 g/mol. The summed E-state index contributed by atoms with van der Waals surface area (Å²) in [5, 5.41) is 0. The number of carbonyl (C=O) groups excluding carboxylic acids is 1. The van der Waals surface area contributed by atoms with E-state index in [1.807, 2.05) is 20.8 Å². The number of hydrogen-bond donors (Lipinski definition) is 1.